The van der Waals surface area contributed by atoms with Crippen LogP contribution in [0.5, 0.6) is 5.75 Å². The Kier molecular flexibility index (Phi) is 7.29. The number of carbonyl (C=O) groups excluding carboxylic acids is 4. The molecule has 194 valence electrons. The van der Waals surface area contributed by atoms with E-state index in [1.807, 2.05) is 42.5 Å². The molecule has 0 bridgehead atoms. The van der Waals surface area contributed by atoms with Crippen molar-refractivity contribution in [2.24, 2.45) is 0 Å². The SMILES string of the molecule is COc1ccc(C(=O)C(C)OC(=O)c2ccc3c(c2)C(=O)N(c2ccc(Sc4ccccc4)cc2)C3=O)cc1. The molecular weight excluding hydrogens is 514 g/mol. The van der Waals surface area contributed by atoms with E-state index in [4.69, 9.17) is 9.47 Å². The van der Waals surface area contributed by atoms with E-state index >= 15 is 0 Å². The van der Waals surface area contributed by atoms with Crippen LogP contribution in [0.25, 0.3) is 0 Å². The minimum atomic E-state index is -1.06. The van der Waals surface area contributed by atoms with Crippen LogP contribution in [0.2, 0.25) is 0 Å². The van der Waals surface area contributed by atoms with Gasteiger partial charge in [0, 0.05) is 15.4 Å². The molecule has 4 aromatic rings. The number of methoxy groups -OCH3 is 1. The van der Waals surface area contributed by atoms with Gasteiger partial charge >= 0.3 is 5.97 Å². The summed E-state index contributed by atoms with van der Waals surface area (Å²) >= 11 is 1.57. The molecule has 1 heterocycles. The standard InChI is InChI=1S/C31H23NO6S/c1-19(28(33)20-8-13-23(37-2)14-9-20)38-31(36)21-10-17-26-27(18-21)30(35)32(29(26)34)22-11-15-25(16-12-22)39-24-6-4-3-5-7-24/h3-19H,1-2H3. The van der Waals surface area contributed by atoms with Gasteiger partial charge in [-0.25, -0.2) is 9.69 Å². The van der Waals surface area contributed by atoms with E-state index in [2.05, 4.69) is 0 Å². The van der Waals surface area contributed by atoms with Crippen molar-refractivity contribution >= 4 is 41.0 Å². The number of carbonyl (C=O) groups is 4. The Labute approximate surface area is 229 Å². The van der Waals surface area contributed by atoms with Gasteiger partial charge in [-0.3, -0.25) is 14.4 Å². The van der Waals surface area contributed by atoms with Crippen molar-refractivity contribution in [2.45, 2.75) is 22.8 Å². The second-order valence-electron chi connectivity index (χ2n) is 8.76. The van der Waals surface area contributed by atoms with Crippen molar-refractivity contribution in [1.29, 1.82) is 0 Å². The lowest BCUT2D eigenvalue weighted by Gasteiger charge is -2.14. The van der Waals surface area contributed by atoms with Crippen LogP contribution >= 0.6 is 11.8 Å². The van der Waals surface area contributed by atoms with Gasteiger partial charge in [-0.1, -0.05) is 30.0 Å². The molecule has 7 nitrogen and oxygen atoms in total. The molecule has 0 radical (unpaired) electrons. The molecule has 0 saturated carbocycles. The highest BCUT2D eigenvalue weighted by Gasteiger charge is 2.37. The first-order valence-corrected chi connectivity index (χ1v) is 12.9. The number of anilines is 1. The zero-order chi connectivity index (χ0) is 27.5. The number of hydrogen-bond donors (Lipinski definition) is 0. The van der Waals surface area contributed by atoms with Crippen LogP contribution in [0.3, 0.4) is 0 Å². The third kappa shape index (κ3) is 5.32. The highest BCUT2D eigenvalue weighted by molar-refractivity contribution is 7.99. The van der Waals surface area contributed by atoms with Crippen LogP contribution in [0.1, 0.15) is 48.4 Å². The van der Waals surface area contributed by atoms with Crippen molar-refractivity contribution in [3.63, 3.8) is 0 Å². The highest BCUT2D eigenvalue weighted by atomic mass is 32.2. The Bertz CT molecular complexity index is 1570. The van der Waals surface area contributed by atoms with Crippen molar-refractivity contribution in [2.75, 3.05) is 12.0 Å². The molecule has 0 fully saturated rings. The van der Waals surface area contributed by atoms with Gasteiger partial charge in [-0.05, 0) is 85.8 Å². The number of rotatable bonds is 8. The molecule has 2 amide bonds. The zero-order valence-electron chi connectivity index (χ0n) is 21.1. The summed E-state index contributed by atoms with van der Waals surface area (Å²) in [5, 5.41) is 0. The highest BCUT2D eigenvalue weighted by Crippen LogP contribution is 2.33. The van der Waals surface area contributed by atoms with Crippen LogP contribution in [0, 0.1) is 0 Å². The molecule has 0 saturated heterocycles. The summed E-state index contributed by atoms with van der Waals surface area (Å²) in [6.45, 7) is 1.48. The van der Waals surface area contributed by atoms with E-state index in [0.717, 1.165) is 14.7 Å². The zero-order valence-corrected chi connectivity index (χ0v) is 21.9. The van der Waals surface area contributed by atoms with E-state index in [1.165, 1.54) is 32.2 Å². The predicted octanol–water partition coefficient (Wildman–Crippen LogP) is 6.08. The summed E-state index contributed by atoms with van der Waals surface area (Å²) < 4.78 is 10.5. The summed E-state index contributed by atoms with van der Waals surface area (Å²) in [6.07, 6.45) is -1.06. The molecule has 0 N–H and O–H groups in total. The summed E-state index contributed by atoms with van der Waals surface area (Å²) in [4.78, 5) is 54.9. The van der Waals surface area contributed by atoms with Crippen LogP contribution in [0.4, 0.5) is 5.69 Å². The first kappa shape index (κ1) is 25.9. The Morgan fingerprint density at radius 1 is 0.744 bits per heavy atom. The Balaban J connectivity index is 1.29. The maximum atomic E-state index is 13.2. The predicted molar refractivity (Wildman–Crippen MR) is 147 cm³/mol. The lowest BCUT2D eigenvalue weighted by atomic mass is 10.1. The summed E-state index contributed by atoms with van der Waals surface area (Å²) in [7, 11) is 1.53. The van der Waals surface area contributed by atoms with Crippen LogP contribution in [0.15, 0.2) is 107 Å². The maximum absolute atomic E-state index is 13.2. The molecule has 0 aromatic heterocycles. The third-order valence-corrected chi connectivity index (χ3v) is 7.24. The molecule has 8 heteroatoms. The van der Waals surface area contributed by atoms with Gasteiger partial charge in [0.2, 0.25) is 5.78 Å². The number of fused-ring (bicyclic) bond motifs is 1. The molecule has 1 atom stereocenters. The quantitative estimate of drug-likeness (QED) is 0.153. The third-order valence-electron chi connectivity index (χ3n) is 6.22. The summed E-state index contributed by atoms with van der Waals surface area (Å²) in [6, 6.07) is 27.6. The van der Waals surface area contributed by atoms with E-state index in [9.17, 15) is 19.2 Å². The van der Waals surface area contributed by atoms with Gasteiger partial charge in [-0.15, -0.1) is 0 Å². The van der Waals surface area contributed by atoms with Gasteiger partial charge in [0.15, 0.2) is 6.10 Å². The van der Waals surface area contributed by atoms with E-state index in [0.29, 0.717) is 17.0 Å². The molecular formula is C31H23NO6S. The normalized spacial score (nSPS) is 13.1. The van der Waals surface area contributed by atoms with E-state index in [-0.39, 0.29) is 22.5 Å². The van der Waals surface area contributed by atoms with Gasteiger partial charge in [-0.2, -0.15) is 0 Å². The first-order chi connectivity index (χ1) is 18.9. The Hall–Kier alpha value is -4.69. The lowest BCUT2D eigenvalue weighted by Crippen LogP contribution is -2.29. The number of esters is 1. The number of ether oxygens (including phenoxy) is 2. The van der Waals surface area contributed by atoms with Crippen molar-refractivity contribution in [1.82, 2.24) is 0 Å². The van der Waals surface area contributed by atoms with Crippen molar-refractivity contribution < 1.29 is 28.7 Å². The number of imide groups is 1. The average Bonchev–Trinajstić information content (AvgIpc) is 3.22. The van der Waals surface area contributed by atoms with Crippen LogP contribution in [-0.4, -0.2) is 36.8 Å². The Morgan fingerprint density at radius 2 is 1.36 bits per heavy atom. The fraction of sp³-hybridized carbons (Fsp3) is 0.0968. The van der Waals surface area contributed by atoms with Gasteiger partial charge in [0.05, 0.1) is 29.5 Å². The molecule has 4 aromatic carbocycles. The summed E-state index contributed by atoms with van der Waals surface area (Å²) in [5.41, 5.74) is 1.17. The van der Waals surface area contributed by atoms with E-state index in [1.54, 1.807) is 48.2 Å². The van der Waals surface area contributed by atoms with Crippen LogP contribution < -0.4 is 9.64 Å². The second kappa shape index (κ2) is 11.0. The number of amides is 2. The molecule has 1 unspecified atom stereocenters. The number of ketones is 1. The Morgan fingerprint density at radius 3 is 2.03 bits per heavy atom. The topological polar surface area (TPSA) is 90.0 Å². The number of Topliss-reactive ketones (excluding diaryl/α,β-unsaturated/α-hetero) is 1. The van der Waals surface area contributed by atoms with Crippen LogP contribution in [-0.2, 0) is 4.74 Å². The second-order valence-corrected chi connectivity index (χ2v) is 9.90. The van der Waals surface area contributed by atoms with E-state index < -0.39 is 23.9 Å². The number of hydrogen-bond acceptors (Lipinski definition) is 7. The first-order valence-electron chi connectivity index (χ1n) is 12.1. The molecule has 1 aliphatic rings. The van der Waals surface area contributed by atoms with Gasteiger partial charge in [0.25, 0.3) is 11.8 Å². The fourth-order valence-electron chi connectivity index (χ4n) is 4.16. The van der Waals surface area contributed by atoms with Gasteiger partial charge < -0.3 is 9.47 Å². The lowest BCUT2D eigenvalue weighted by molar-refractivity contribution is 0.0318. The monoisotopic (exact) mass is 537 g/mol. The van der Waals surface area contributed by atoms with Crippen molar-refractivity contribution in [3.8, 4) is 5.75 Å². The minimum Gasteiger partial charge on any atom is -0.497 e. The van der Waals surface area contributed by atoms with Crippen molar-refractivity contribution in [3.05, 3.63) is 119 Å². The molecule has 0 aliphatic carbocycles. The average molecular weight is 538 g/mol. The molecule has 5 rings (SSSR count). The molecule has 1 aliphatic heterocycles. The largest absolute Gasteiger partial charge is 0.497 e. The fourth-order valence-corrected chi connectivity index (χ4v) is 5.00. The summed E-state index contributed by atoms with van der Waals surface area (Å²) in [5.74, 6) is -1.55. The smallest absolute Gasteiger partial charge is 0.338 e. The maximum Gasteiger partial charge on any atom is 0.338 e. The number of benzene rings is 4. The van der Waals surface area contributed by atoms with Gasteiger partial charge in [0.1, 0.15) is 5.75 Å². The number of nitrogens with zero attached hydrogens (tertiary/aromatic N) is 1. The molecule has 39 heavy (non-hydrogen) atoms. The minimum absolute atomic E-state index is 0.0701. The molecule has 0 spiro atoms.